The van der Waals surface area contributed by atoms with E-state index >= 15 is 0 Å². The lowest BCUT2D eigenvalue weighted by atomic mass is 9.84. The number of hydrazine groups is 1. The Labute approximate surface area is 118 Å². The van der Waals surface area contributed by atoms with Gasteiger partial charge in [-0.15, -0.1) is 0 Å². The van der Waals surface area contributed by atoms with E-state index in [9.17, 15) is 14.4 Å². The number of rotatable bonds is 4. The maximum atomic E-state index is 11.8. The SMILES string of the molecule is CC(=O)NNC(=O)CCC(=O)NC1CN2CCC1CC2. The number of fused-ring (bicyclic) bond motifs is 3. The third-order valence-electron chi connectivity index (χ3n) is 3.96. The minimum absolute atomic E-state index is 0.0766. The summed E-state index contributed by atoms with van der Waals surface area (Å²) in [5.74, 6) is -0.210. The first-order chi connectivity index (χ1) is 9.54. The average Bonchev–Trinajstić information content (AvgIpc) is 2.44. The van der Waals surface area contributed by atoms with E-state index < -0.39 is 0 Å². The van der Waals surface area contributed by atoms with Crippen LogP contribution in [0.3, 0.4) is 0 Å². The summed E-state index contributed by atoms with van der Waals surface area (Å²) in [6, 6.07) is 0.225. The fraction of sp³-hybridized carbons (Fsp3) is 0.769. The van der Waals surface area contributed by atoms with Gasteiger partial charge in [0.1, 0.15) is 0 Å². The van der Waals surface area contributed by atoms with Crippen molar-refractivity contribution in [3.63, 3.8) is 0 Å². The summed E-state index contributed by atoms with van der Waals surface area (Å²) in [6.45, 7) is 4.50. The molecule has 3 fully saturated rings. The van der Waals surface area contributed by atoms with Crippen molar-refractivity contribution in [2.24, 2.45) is 5.92 Å². The molecular formula is C13H22N4O3. The Kier molecular flexibility index (Phi) is 4.94. The Bertz CT molecular complexity index is 391. The fourth-order valence-corrected chi connectivity index (χ4v) is 2.85. The van der Waals surface area contributed by atoms with E-state index in [1.807, 2.05) is 0 Å². The van der Waals surface area contributed by atoms with Crippen LogP contribution in [0.2, 0.25) is 0 Å². The molecule has 3 amide bonds. The van der Waals surface area contributed by atoms with Crippen LogP contribution in [-0.4, -0.2) is 48.3 Å². The largest absolute Gasteiger partial charge is 0.352 e. The minimum atomic E-state index is -0.357. The molecule has 0 radical (unpaired) electrons. The summed E-state index contributed by atoms with van der Waals surface area (Å²) in [4.78, 5) is 36.2. The molecule has 0 aliphatic carbocycles. The Morgan fingerprint density at radius 2 is 1.70 bits per heavy atom. The van der Waals surface area contributed by atoms with Gasteiger partial charge in [0, 0.05) is 32.4 Å². The molecule has 0 aromatic rings. The van der Waals surface area contributed by atoms with Gasteiger partial charge < -0.3 is 10.2 Å². The van der Waals surface area contributed by atoms with Crippen LogP contribution in [0.1, 0.15) is 32.6 Å². The molecule has 7 heteroatoms. The van der Waals surface area contributed by atoms with Crippen LogP contribution >= 0.6 is 0 Å². The Hall–Kier alpha value is -1.63. The first-order valence-electron chi connectivity index (χ1n) is 7.11. The van der Waals surface area contributed by atoms with Crippen LogP contribution in [0.5, 0.6) is 0 Å². The summed E-state index contributed by atoms with van der Waals surface area (Å²) >= 11 is 0. The maximum Gasteiger partial charge on any atom is 0.238 e. The van der Waals surface area contributed by atoms with Crippen molar-refractivity contribution in [3.8, 4) is 0 Å². The number of piperidine rings is 3. The Balaban J connectivity index is 1.65. The molecular weight excluding hydrogens is 260 g/mol. The maximum absolute atomic E-state index is 11.8. The highest BCUT2D eigenvalue weighted by molar-refractivity contribution is 5.85. The standard InChI is InChI=1S/C13H22N4O3/c1-9(18)15-16-13(20)3-2-12(19)14-11-8-17-6-4-10(11)5-7-17/h10-11H,2-8H2,1H3,(H,14,19)(H,15,18)(H,16,20). The van der Waals surface area contributed by atoms with Gasteiger partial charge in [-0.1, -0.05) is 0 Å². The third-order valence-corrected chi connectivity index (χ3v) is 3.96. The van der Waals surface area contributed by atoms with Crippen LogP contribution in [-0.2, 0) is 14.4 Å². The first-order valence-corrected chi connectivity index (χ1v) is 7.11. The number of amides is 3. The molecule has 1 atom stereocenters. The van der Waals surface area contributed by atoms with Crippen molar-refractivity contribution in [3.05, 3.63) is 0 Å². The van der Waals surface area contributed by atoms with Gasteiger partial charge in [-0.2, -0.15) is 0 Å². The number of nitrogens with zero attached hydrogens (tertiary/aromatic N) is 1. The van der Waals surface area contributed by atoms with Crippen molar-refractivity contribution in [1.82, 2.24) is 21.1 Å². The second kappa shape index (κ2) is 6.69. The molecule has 3 saturated heterocycles. The van der Waals surface area contributed by atoms with E-state index in [1.165, 1.54) is 6.92 Å². The lowest BCUT2D eigenvalue weighted by Gasteiger charge is -2.44. The summed E-state index contributed by atoms with van der Waals surface area (Å²) in [5, 5.41) is 3.02. The average molecular weight is 282 g/mol. The zero-order valence-corrected chi connectivity index (χ0v) is 11.8. The summed E-state index contributed by atoms with van der Waals surface area (Å²) in [7, 11) is 0. The molecule has 112 valence electrons. The van der Waals surface area contributed by atoms with E-state index in [0.29, 0.717) is 5.92 Å². The highest BCUT2D eigenvalue weighted by Crippen LogP contribution is 2.27. The lowest BCUT2D eigenvalue weighted by Crippen LogP contribution is -2.57. The molecule has 0 saturated carbocycles. The highest BCUT2D eigenvalue weighted by Gasteiger charge is 2.34. The monoisotopic (exact) mass is 282 g/mol. The molecule has 3 heterocycles. The molecule has 1 unspecified atom stereocenters. The molecule has 0 spiro atoms. The number of hydrogen-bond acceptors (Lipinski definition) is 4. The zero-order valence-electron chi connectivity index (χ0n) is 11.8. The van der Waals surface area contributed by atoms with Crippen molar-refractivity contribution in [1.29, 1.82) is 0 Å². The zero-order chi connectivity index (χ0) is 14.5. The van der Waals surface area contributed by atoms with Crippen molar-refractivity contribution in [2.75, 3.05) is 19.6 Å². The third kappa shape index (κ3) is 4.19. The Morgan fingerprint density at radius 3 is 2.25 bits per heavy atom. The molecule has 3 rings (SSSR count). The fourth-order valence-electron chi connectivity index (χ4n) is 2.85. The molecule has 0 aromatic carbocycles. The quantitative estimate of drug-likeness (QED) is 0.586. The normalized spacial score (nSPS) is 27.8. The predicted molar refractivity (Wildman–Crippen MR) is 72.3 cm³/mol. The summed E-state index contributed by atoms with van der Waals surface area (Å²) < 4.78 is 0. The van der Waals surface area contributed by atoms with Crippen LogP contribution < -0.4 is 16.2 Å². The molecule has 0 aromatic heterocycles. The lowest BCUT2D eigenvalue weighted by molar-refractivity contribution is -0.130. The topological polar surface area (TPSA) is 90.5 Å². The van der Waals surface area contributed by atoms with E-state index in [2.05, 4.69) is 21.1 Å². The van der Waals surface area contributed by atoms with Crippen LogP contribution in [0.15, 0.2) is 0 Å². The predicted octanol–water partition coefficient (Wildman–Crippen LogP) is -0.856. The van der Waals surface area contributed by atoms with Gasteiger partial charge in [0.25, 0.3) is 0 Å². The van der Waals surface area contributed by atoms with Gasteiger partial charge in [-0.3, -0.25) is 25.2 Å². The molecule has 20 heavy (non-hydrogen) atoms. The molecule has 3 aliphatic heterocycles. The number of hydrogen-bond donors (Lipinski definition) is 3. The number of nitrogens with one attached hydrogen (secondary N) is 3. The van der Waals surface area contributed by atoms with Gasteiger partial charge in [0.05, 0.1) is 0 Å². The highest BCUT2D eigenvalue weighted by atomic mass is 16.2. The van der Waals surface area contributed by atoms with E-state index in [-0.39, 0.29) is 36.6 Å². The van der Waals surface area contributed by atoms with Gasteiger partial charge >= 0.3 is 0 Å². The minimum Gasteiger partial charge on any atom is -0.352 e. The molecule has 2 bridgehead atoms. The van der Waals surface area contributed by atoms with E-state index in [1.54, 1.807) is 0 Å². The van der Waals surface area contributed by atoms with Crippen LogP contribution in [0.4, 0.5) is 0 Å². The number of carbonyl (C=O) groups is 3. The summed E-state index contributed by atoms with van der Waals surface area (Å²) in [5.41, 5.74) is 4.44. The van der Waals surface area contributed by atoms with Gasteiger partial charge in [0.15, 0.2) is 0 Å². The molecule has 3 aliphatic rings. The second-order valence-corrected chi connectivity index (χ2v) is 5.54. The number of carbonyl (C=O) groups excluding carboxylic acids is 3. The molecule has 7 nitrogen and oxygen atoms in total. The van der Waals surface area contributed by atoms with Crippen molar-refractivity contribution >= 4 is 17.7 Å². The van der Waals surface area contributed by atoms with E-state index in [4.69, 9.17) is 0 Å². The van der Waals surface area contributed by atoms with Crippen LogP contribution in [0.25, 0.3) is 0 Å². The first kappa shape index (κ1) is 14.8. The Morgan fingerprint density at radius 1 is 1.05 bits per heavy atom. The van der Waals surface area contributed by atoms with Crippen molar-refractivity contribution < 1.29 is 14.4 Å². The van der Waals surface area contributed by atoms with Crippen molar-refractivity contribution in [2.45, 2.75) is 38.6 Å². The van der Waals surface area contributed by atoms with Gasteiger partial charge in [-0.05, 0) is 31.8 Å². The summed E-state index contributed by atoms with van der Waals surface area (Å²) in [6.07, 6.45) is 2.52. The van der Waals surface area contributed by atoms with E-state index in [0.717, 1.165) is 32.5 Å². The second-order valence-electron chi connectivity index (χ2n) is 5.54. The van der Waals surface area contributed by atoms with Gasteiger partial charge in [0.2, 0.25) is 17.7 Å². The smallest absolute Gasteiger partial charge is 0.238 e. The van der Waals surface area contributed by atoms with Crippen LogP contribution in [0, 0.1) is 5.92 Å². The van der Waals surface area contributed by atoms with Gasteiger partial charge in [-0.25, -0.2) is 0 Å². The molecule has 3 N–H and O–H groups in total.